The smallest absolute Gasteiger partial charge is 0.243 e. The highest BCUT2D eigenvalue weighted by Gasteiger charge is 2.07. The summed E-state index contributed by atoms with van der Waals surface area (Å²) in [6, 6.07) is 17.4. The SMILES string of the molecule is COc1ccc(-c2cnnc(NCc3nc(-c4ccccc4)n[nH]3)n2)cc1. The van der Waals surface area contributed by atoms with E-state index in [0.29, 0.717) is 24.1 Å². The third-order valence-electron chi connectivity index (χ3n) is 3.92. The average Bonchev–Trinajstić information content (AvgIpc) is 3.22. The van der Waals surface area contributed by atoms with Gasteiger partial charge in [0.2, 0.25) is 5.95 Å². The largest absolute Gasteiger partial charge is 0.497 e. The van der Waals surface area contributed by atoms with Crippen LogP contribution in [0.3, 0.4) is 0 Å². The van der Waals surface area contributed by atoms with Crippen LogP contribution < -0.4 is 10.1 Å². The van der Waals surface area contributed by atoms with E-state index in [4.69, 9.17) is 4.74 Å². The van der Waals surface area contributed by atoms with Crippen molar-refractivity contribution < 1.29 is 4.74 Å². The highest BCUT2D eigenvalue weighted by Crippen LogP contribution is 2.20. The monoisotopic (exact) mass is 359 g/mol. The van der Waals surface area contributed by atoms with Gasteiger partial charge in [-0.3, -0.25) is 5.10 Å². The molecule has 134 valence electrons. The van der Waals surface area contributed by atoms with E-state index in [1.807, 2.05) is 54.6 Å². The number of aromatic amines is 1. The van der Waals surface area contributed by atoms with Crippen molar-refractivity contribution in [3.63, 3.8) is 0 Å². The lowest BCUT2D eigenvalue weighted by Crippen LogP contribution is -2.06. The van der Waals surface area contributed by atoms with Crippen molar-refractivity contribution >= 4 is 5.95 Å². The normalized spacial score (nSPS) is 10.6. The average molecular weight is 359 g/mol. The predicted molar refractivity (Wildman–Crippen MR) is 101 cm³/mol. The maximum Gasteiger partial charge on any atom is 0.243 e. The molecule has 0 amide bonds. The predicted octanol–water partition coefficient (Wildman–Crippen LogP) is 2.94. The van der Waals surface area contributed by atoms with Crippen molar-refractivity contribution in [2.24, 2.45) is 0 Å². The van der Waals surface area contributed by atoms with Crippen LogP contribution in [0, 0.1) is 0 Å². The molecule has 2 aromatic heterocycles. The van der Waals surface area contributed by atoms with Gasteiger partial charge >= 0.3 is 0 Å². The summed E-state index contributed by atoms with van der Waals surface area (Å²) in [6.07, 6.45) is 1.62. The summed E-state index contributed by atoms with van der Waals surface area (Å²) < 4.78 is 5.17. The molecule has 0 atom stereocenters. The highest BCUT2D eigenvalue weighted by molar-refractivity contribution is 5.60. The number of rotatable bonds is 6. The van der Waals surface area contributed by atoms with Crippen molar-refractivity contribution in [2.45, 2.75) is 6.54 Å². The summed E-state index contributed by atoms with van der Waals surface area (Å²) in [4.78, 5) is 8.97. The Morgan fingerprint density at radius 2 is 1.78 bits per heavy atom. The van der Waals surface area contributed by atoms with E-state index in [1.54, 1.807) is 13.3 Å². The van der Waals surface area contributed by atoms with E-state index < -0.39 is 0 Å². The van der Waals surface area contributed by atoms with Crippen LogP contribution in [0.2, 0.25) is 0 Å². The Morgan fingerprint density at radius 1 is 0.963 bits per heavy atom. The van der Waals surface area contributed by atoms with E-state index in [1.165, 1.54) is 0 Å². The zero-order chi connectivity index (χ0) is 18.5. The molecule has 0 saturated heterocycles. The summed E-state index contributed by atoms with van der Waals surface area (Å²) in [6.45, 7) is 0.410. The number of benzene rings is 2. The molecule has 0 bridgehead atoms. The molecular weight excluding hydrogens is 342 g/mol. The number of hydrogen-bond acceptors (Lipinski definition) is 7. The number of hydrogen-bond donors (Lipinski definition) is 2. The first-order valence-electron chi connectivity index (χ1n) is 8.36. The fourth-order valence-electron chi connectivity index (χ4n) is 2.53. The molecule has 4 rings (SSSR count). The van der Waals surface area contributed by atoms with E-state index in [0.717, 1.165) is 22.6 Å². The van der Waals surface area contributed by atoms with Crippen molar-refractivity contribution in [1.82, 2.24) is 30.4 Å². The molecule has 0 radical (unpaired) electrons. The molecule has 0 saturated carbocycles. The minimum atomic E-state index is 0.410. The fourth-order valence-corrected chi connectivity index (χ4v) is 2.53. The van der Waals surface area contributed by atoms with Gasteiger partial charge in [0, 0.05) is 11.1 Å². The van der Waals surface area contributed by atoms with E-state index >= 15 is 0 Å². The number of aromatic nitrogens is 6. The lowest BCUT2D eigenvalue weighted by Gasteiger charge is -2.05. The first kappa shape index (κ1) is 16.6. The summed E-state index contributed by atoms with van der Waals surface area (Å²) >= 11 is 0. The minimum Gasteiger partial charge on any atom is -0.497 e. The maximum absolute atomic E-state index is 5.17. The van der Waals surface area contributed by atoms with Gasteiger partial charge in [0.25, 0.3) is 0 Å². The molecular formula is C19H17N7O. The van der Waals surface area contributed by atoms with Gasteiger partial charge in [-0.2, -0.15) is 10.2 Å². The highest BCUT2D eigenvalue weighted by atomic mass is 16.5. The molecule has 8 heteroatoms. The van der Waals surface area contributed by atoms with Crippen LogP contribution in [-0.2, 0) is 6.54 Å². The Kier molecular flexibility index (Phi) is 4.69. The minimum absolute atomic E-state index is 0.410. The zero-order valence-electron chi connectivity index (χ0n) is 14.6. The second kappa shape index (κ2) is 7.61. The van der Waals surface area contributed by atoms with Gasteiger partial charge in [-0.1, -0.05) is 30.3 Å². The quantitative estimate of drug-likeness (QED) is 0.546. The van der Waals surface area contributed by atoms with Crippen LogP contribution in [0.25, 0.3) is 22.6 Å². The molecule has 0 fully saturated rings. The van der Waals surface area contributed by atoms with Gasteiger partial charge in [0.05, 0.1) is 25.5 Å². The molecule has 0 spiro atoms. The molecule has 8 nitrogen and oxygen atoms in total. The summed E-state index contributed by atoms with van der Waals surface area (Å²) in [5, 5.41) is 18.3. The zero-order valence-corrected chi connectivity index (χ0v) is 14.6. The third kappa shape index (κ3) is 3.90. The molecule has 2 aromatic carbocycles. The Bertz CT molecular complexity index is 1020. The van der Waals surface area contributed by atoms with Crippen LogP contribution in [0.1, 0.15) is 5.82 Å². The van der Waals surface area contributed by atoms with Crippen molar-refractivity contribution in [3.8, 4) is 28.4 Å². The molecule has 0 aliphatic carbocycles. The van der Waals surface area contributed by atoms with Gasteiger partial charge in [-0.25, -0.2) is 9.97 Å². The van der Waals surface area contributed by atoms with Gasteiger partial charge < -0.3 is 10.1 Å². The standard InChI is InChI=1S/C19H17N7O/c1-27-15-9-7-13(8-10-15)16-11-21-26-19(22-16)20-12-17-23-18(25-24-17)14-5-3-2-4-6-14/h2-11H,12H2,1H3,(H,20,22,26)(H,23,24,25). The number of nitrogens with zero attached hydrogens (tertiary/aromatic N) is 5. The number of methoxy groups -OCH3 is 1. The number of ether oxygens (including phenoxy) is 1. The summed E-state index contributed by atoms with van der Waals surface area (Å²) in [5.74, 6) is 2.55. The summed E-state index contributed by atoms with van der Waals surface area (Å²) in [5.41, 5.74) is 2.61. The number of H-pyrrole nitrogens is 1. The fraction of sp³-hybridized carbons (Fsp3) is 0.105. The first-order valence-corrected chi connectivity index (χ1v) is 8.36. The Morgan fingerprint density at radius 3 is 2.56 bits per heavy atom. The van der Waals surface area contributed by atoms with E-state index in [2.05, 4.69) is 35.7 Å². The molecule has 0 aliphatic heterocycles. The lowest BCUT2D eigenvalue weighted by molar-refractivity contribution is 0.415. The molecule has 0 unspecified atom stereocenters. The Labute approximate surface area is 155 Å². The van der Waals surface area contributed by atoms with Crippen molar-refractivity contribution in [1.29, 1.82) is 0 Å². The number of nitrogens with one attached hydrogen (secondary N) is 2. The summed E-state index contributed by atoms with van der Waals surface area (Å²) in [7, 11) is 1.63. The second-order valence-electron chi connectivity index (χ2n) is 5.72. The number of anilines is 1. The topological polar surface area (TPSA) is 102 Å². The van der Waals surface area contributed by atoms with Crippen molar-refractivity contribution in [2.75, 3.05) is 12.4 Å². The second-order valence-corrected chi connectivity index (χ2v) is 5.72. The van der Waals surface area contributed by atoms with E-state index in [9.17, 15) is 0 Å². The maximum atomic E-state index is 5.17. The van der Waals surface area contributed by atoms with Gasteiger partial charge in [0.1, 0.15) is 11.6 Å². The molecule has 0 aliphatic rings. The molecule has 2 heterocycles. The Hall–Kier alpha value is -3.81. The van der Waals surface area contributed by atoms with Crippen LogP contribution in [-0.4, -0.2) is 37.5 Å². The van der Waals surface area contributed by atoms with E-state index in [-0.39, 0.29) is 0 Å². The first-order chi connectivity index (χ1) is 13.3. The lowest BCUT2D eigenvalue weighted by atomic mass is 10.1. The van der Waals surface area contributed by atoms with Crippen LogP contribution in [0.15, 0.2) is 60.8 Å². The van der Waals surface area contributed by atoms with Gasteiger partial charge in [-0.05, 0) is 24.3 Å². The van der Waals surface area contributed by atoms with Gasteiger partial charge in [-0.15, -0.1) is 5.10 Å². The van der Waals surface area contributed by atoms with Crippen LogP contribution >= 0.6 is 0 Å². The third-order valence-corrected chi connectivity index (χ3v) is 3.92. The van der Waals surface area contributed by atoms with Crippen molar-refractivity contribution in [3.05, 3.63) is 66.6 Å². The van der Waals surface area contributed by atoms with Gasteiger partial charge in [0.15, 0.2) is 5.82 Å². The molecule has 27 heavy (non-hydrogen) atoms. The molecule has 2 N–H and O–H groups in total. The molecule has 4 aromatic rings. The Balaban J connectivity index is 1.45. The van der Waals surface area contributed by atoms with Crippen LogP contribution in [0.4, 0.5) is 5.95 Å². The van der Waals surface area contributed by atoms with Crippen LogP contribution in [0.5, 0.6) is 5.75 Å².